The first-order chi connectivity index (χ1) is 19.4. The lowest BCUT2D eigenvalue weighted by Crippen LogP contribution is -2.25. The summed E-state index contributed by atoms with van der Waals surface area (Å²) < 4.78 is 14.2. The van der Waals surface area contributed by atoms with Crippen LogP contribution in [0.1, 0.15) is 35.2 Å². The van der Waals surface area contributed by atoms with Crippen molar-refractivity contribution in [1.82, 2.24) is 19.7 Å². The largest absolute Gasteiger partial charge is 0.485 e. The number of Topliss-reactive ketones (excluding diaryl/α,β-unsaturated/α-hetero) is 1. The van der Waals surface area contributed by atoms with Crippen LogP contribution in [0.3, 0.4) is 0 Å². The maximum absolute atomic E-state index is 13.5. The van der Waals surface area contributed by atoms with E-state index in [1.54, 1.807) is 18.3 Å². The number of nitrogens with zero attached hydrogens (tertiary/aromatic N) is 4. The van der Waals surface area contributed by atoms with Gasteiger partial charge in [0.05, 0.1) is 5.52 Å². The quantitative estimate of drug-likeness (QED) is 0.181. The highest BCUT2D eigenvalue weighted by Crippen LogP contribution is 2.31. The smallest absolute Gasteiger partial charge is 0.238 e. The molecule has 1 aliphatic heterocycles. The summed E-state index contributed by atoms with van der Waals surface area (Å²) in [5.41, 5.74) is 2.55. The maximum Gasteiger partial charge on any atom is 0.238 e. The van der Waals surface area contributed by atoms with Gasteiger partial charge in [-0.15, -0.1) is 5.10 Å². The van der Waals surface area contributed by atoms with Crippen molar-refractivity contribution in [2.75, 3.05) is 20.2 Å². The molecule has 0 amide bonds. The van der Waals surface area contributed by atoms with E-state index < -0.39 is 0 Å². The summed E-state index contributed by atoms with van der Waals surface area (Å²) in [6, 6.07) is 19.6. The first-order valence-corrected chi connectivity index (χ1v) is 14.0. The van der Waals surface area contributed by atoms with Gasteiger partial charge in [0.15, 0.2) is 6.61 Å². The molecule has 3 heterocycles. The van der Waals surface area contributed by atoms with E-state index in [4.69, 9.17) is 21.1 Å². The molecule has 1 saturated heterocycles. The summed E-state index contributed by atoms with van der Waals surface area (Å²) in [4.78, 5) is 16.0. The maximum atomic E-state index is 13.5. The molecule has 204 valence electrons. The van der Waals surface area contributed by atoms with Crippen molar-refractivity contribution < 1.29 is 14.3 Å². The Labute approximate surface area is 238 Å². The molecule has 1 atom stereocenters. The number of carbonyl (C=O) groups excluding carboxylic acids is 1. The molecule has 1 unspecified atom stereocenters. The summed E-state index contributed by atoms with van der Waals surface area (Å²) >= 11 is 6.15. The van der Waals surface area contributed by atoms with Gasteiger partial charge in [0, 0.05) is 53.1 Å². The molecule has 6 rings (SSSR count). The zero-order valence-electron chi connectivity index (χ0n) is 22.6. The van der Waals surface area contributed by atoms with Gasteiger partial charge < -0.3 is 18.9 Å². The molecule has 5 aromatic rings. The third kappa shape index (κ3) is 5.53. The van der Waals surface area contributed by atoms with Crippen molar-refractivity contribution in [2.45, 2.75) is 38.8 Å². The van der Waals surface area contributed by atoms with Crippen molar-refractivity contribution in [2.24, 2.45) is 0 Å². The Balaban J connectivity index is 1.27. The van der Waals surface area contributed by atoms with Crippen LogP contribution in [-0.2, 0) is 6.54 Å². The molecule has 8 heteroatoms. The first kappa shape index (κ1) is 26.3. The van der Waals surface area contributed by atoms with Gasteiger partial charge in [0.2, 0.25) is 11.7 Å². The highest BCUT2D eigenvalue weighted by Gasteiger charge is 2.22. The second kappa shape index (κ2) is 11.3. The summed E-state index contributed by atoms with van der Waals surface area (Å²) in [6.07, 6.45) is 7.02. The Hall–Kier alpha value is -3.94. The lowest BCUT2D eigenvalue weighted by Gasteiger charge is -2.19. The normalized spacial score (nSPS) is 15.6. The molecule has 7 nitrogen and oxygen atoms in total. The Morgan fingerprint density at radius 1 is 1.10 bits per heavy atom. The Bertz CT molecular complexity index is 1680. The number of ether oxygens (including phenoxy) is 2. The van der Waals surface area contributed by atoms with Gasteiger partial charge in [-0.05, 0) is 98.6 Å². The molecule has 2 aromatic heterocycles. The molecule has 0 saturated carbocycles. The van der Waals surface area contributed by atoms with Crippen molar-refractivity contribution in [3.8, 4) is 17.4 Å². The van der Waals surface area contributed by atoms with Gasteiger partial charge in [0.1, 0.15) is 11.5 Å². The van der Waals surface area contributed by atoms with Crippen LogP contribution >= 0.6 is 11.6 Å². The third-order valence-corrected chi connectivity index (χ3v) is 7.99. The number of benzene rings is 3. The summed E-state index contributed by atoms with van der Waals surface area (Å²) in [7, 11) is 2.19. The number of hydrogen-bond donors (Lipinski definition) is 0. The number of likely N-dealkylation sites (tertiary alicyclic amines) is 1. The van der Waals surface area contributed by atoms with Gasteiger partial charge in [-0.25, -0.2) is 0 Å². The number of carbonyl (C=O) groups is 1. The average Bonchev–Trinajstić information content (AvgIpc) is 3.53. The van der Waals surface area contributed by atoms with Crippen molar-refractivity contribution in [1.29, 1.82) is 0 Å². The molecule has 1 fully saturated rings. The van der Waals surface area contributed by atoms with Crippen LogP contribution in [0.5, 0.6) is 17.4 Å². The number of aryl methyl sites for hydroxylation is 2. The van der Waals surface area contributed by atoms with E-state index in [2.05, 4.69) is 26.7 Å². The van der Waals surface area contributed by atoms with Gasteiger partial charge in [-0.3, -0.25) is 4.79 Å². The second-order valence-corrected chi connectivity index (χ2v) is 10.9. The molecule has 1 aliphatic rings. The Morgan fingerprint density at radius 3 is 2.80 bits per heavy atom. The van der Waals surface area contributed by atoms with Crippen LogP contribution in [0.2, 0.25) is 5.02 Å². The first-order valence-electron chi connectivity index (χ1n) is 13.6. The zero-order valence-corrected chi connectivity index (χ0v) is 23.4. The topological polar surface area (TPSA) is 69.5 Å². The molecule has 0 bridgehead atoms. The summed E-state index contributed by atoms with van der Waals surface area (Å²) in [5.74, 6) is 1.69. The molecule has 0 radical (unpaired) electrons. The number of rotatable bonds is 9. The Kier molecular flexibility index (Phi) is 7.41. The number of ketones is 1. The minimum absolute atomic E-state index is 0.0533. The minimum atomic E-state index is -0.0695. The summed E-state index contributed by atoms with van der Waals surface area (Å²) in [5, 5.41) is 11.5. The van der Waals surface area contributed by atoms with Gasteiger partial charge in [0.25, 0.3) is 0 Å². The second-order valence-electron chi connectivity index (χ2n) is 10.5. The van der Waals surface area contributed by atoms with E-state index in [0.717, 1.165) is 46.7 Å². The third-order valence-electron chi connectivity index (χ3n) is 7.75. The molecular weight excluding hydrogens is 524 g/mol. The molecule has 3 aromatic carbocycles. The lowest BCUT2D eigenvalue weighted by molar-refractivity contribution is 0.0922. The molecule has 40 heavy (non-hydrogen) atoms. The van der Waals surface area contributed by atoms with Crippen LogP contribution in [0.25, 0.3) is 21.7 Å². The van der Waals surface area contributed by atoms with Crippen molar-refractivity contribution in [3.63, 3.8) is 0 Å². The van der Waals surface area contributed by atoms with Gasteiger partial charge >= 0.3 is 0 Å². The van der Waals surface area contributed by atoms with Gasteiger partial charge in [-0.2, -0.15) is 5.10 Å². The Morgan fingerprint density at radius 2 is 2.00 bits per heavy atom. The summed E-state index contributed by atoms with van der Waals surface area (Å²) in [6.45, 7) is 3.86. The number of aromatic nitrogens is 3. The minimum Gasteiger partial charge on any atom is -0.485 e. The van der Waals surface area contributed by atoms with E-state index >= 15 is 0 Å². The zero-order chi connectivity index (χ0) is 27.6. The predicted octanol–water partition coefficient (Wildman–Crippen LogP) is 7.08. The SMILES string of the molecule is Cc1cc2cc(Cl)ccc2cc1OCC(=O)c1cn(CCC2CCCN2C)c2cc(Oc3cccnn3)ccc12. The van der Waals surface area contributed by atoms with Crippen LogP contribution in [-0.4, -0.2) is 51.7 Å². The molecule has 0 N–H and O–H groups in total. The van der Waals surface area contributed by atoms with E-state index in [-0.39, 0.29) is 12.4 Å². The van der Waals surface area contributed by atoms with Crippen LogP contribution in [0, 0.1) is 6.92 Å². The van der Waals surface area contributed by atoms with Crippen LogP contribution in [0.4, 0.5) is 0 Å². The monoisotopic (exact) mass is 554 g/mol. The average molecular weight is 555 g/mol. The molecule has 0 spiro atoms. The highest BCUT2D eigenvalue weighted by atomic mass is 35.5. The fraction of sp³-hybridized carbons (Fsp3) is 0.281. The van der Waals surface area contributed by atoms with Crippen LogP contribution < -0.4 is 9.47 Å². The molecule has 0 aliphatic carbocycles. The fourth-order valence-electron chi connectivity index (χ4n) is 5.58. The number of hydrogen-bond acceptors (Lipinski definition) is 6. The van der Waals surface area contributed by atoms with Crippen molar-refractivity contribution in [3.05, 3.63) is 89.2 Å². The van der Waals surface area contributed by atoms with E-state index in [1.807, 2.05) is 61.7 Å². The number of halogens is 1. The fourth-order valence-corrected chi connectivity index (χ4v) is 5.76. The predicted molar refractivity (Wildman–Crippen MR) is 158 cm³/mol. The lowest BCUT2D eigenvalue weighted by atomic mass is 10.1. The standard InChI is InChI=1S/C32H31ClN4O3/c1-21-15-23-16-24(33)8-7-22(23)17-31(21)39-20-30(38)28-19-37(14-11-25-5-4-13-36(25)2)29-18-26(9-10-27(28)29)40-32-6-3-12-34-35-32/h3,6-10,12,15-19,25H,4-5,11,13-14,20H2,1-2H3. The van der Waals surface area contributed by atoms with E-state index in [1.165, 1.54) is 12.8 Å². The highest BCUT2D eigenvalue weighted by molar-refractivity contribution is 6.31. The number of fused-ring (bicyclic) bond motifs is 2. The van der Waals surface area contributed by atoms with Crippen LogP contribution in [0.15, 0.2) is 73.1 Å². The van der Waals surface area contributed by atoms with E-state index in [9.17, 15) is 4.79 Å². The van der Waals surface area contributed by atoms with E-state index in [0.29, 0.717) is 34.0 Å². The molecular formula is C32H31ClN4O3. The van der Waals surface area contributed by atoms with Gasteiger partial charge in [-0.1, -0.05) is 17.7 Å². The van der Waals surface area contributed by atoms with Crippen molar-refractivity contribution >= 4 is 39.1 Å².